The minimum atomic E-state index is -0.803. The number of ether oxygens (including phenoxy) is 1. The molecule has 1 N–H and O–H groups in total. The standard InChI is InChI=1S/C18H15N3O5/c1-11(17-19-14-8-4-3-7-13(14)18(23)20-17)26-16(22)10-12-6-2-5-9-15(12)21(24)25/h2-9,11H,10H2,1H3,(H,19,20,23)/t11-/m1/s1. The highest BCUT2D eigenvalue weighted by atomic mass is 16.6. The fourth-order valence-corrected chi connectivity index (χ4v) is 2.59. The predicted molar refractivity (Wildman–Crippen MR) is 93.7 cm³/mol. The first kappa shape index (κ1) is 17.3. The van der Waals surface area contributed by atoms with E-state index in [0.29, 0.717) is 10.9 Å². The summed E-state index contributed by atoms with van der Waals surface area (Å²) in [6.07, 6.45) is -1.05. The van der Waals surface area contributed by atoms with Gasteiger partial charge in [-0.1, -0.05) is 30.3 Å². The molecular formula is C18H15N3O5. The summed E-state index contributed by atoms with van der Waals surface area (Å²) >= 11 is 0. The number of nitrogens with zero attached hydrogens (tertiary/aromatic N) is 2. The molecule has 0 amide bonds. The maximum atomic E-state index is 12.2. The van der Waals surface area contributed by atoms with Crippen LogP contribution in [-0.4, -0.2) is 20.9 Å². The van der Waals surface area contributed by atoms with Crippen LogP contribution in [0.15, 0.2) is 53.3 Å². The number of carbonyl (C=O) groups is 1. The Morgan fingerprint density at radius 2 is 1.92 bits per heavy atom. The van der Waals surface area contributed by atoms with Crippen molar-refractivity contribution in [3.05, 3.63) is 80.4 Å². The SMILES string of the molecule is C[C@@H](OC(=O)Cc1ccccc1[N+](=O)[O-])c1nc2ccccc2c(=O)[nH]1. The van der Waals surface area contributed by atoms with Gasteiger partial charge in [-0.3, -0.25) is 19.7 Å². The summed E-state index contributed by atoms with van der Waals surface area (Å²) in [6, 6.07) is 12.8. The Hall–Kier alpha value is -3.55. The van der Waals surface area contributed by atoms with Gasteiger partial charge in [-0.05, 0) is 19.1 Å². The molecule has 0 bridgehead atoms. The Balaban J connectivity index is 1.78. The van der Waals surface area contributed by atoms with Crippen LogP contribution in [0.2, 0.25) is 0 Å². The molecule has 132 valence electrons. The van der Waals surface area contributed by atoms with Gasteiger partial charge in [0.2, 0.25) is 0 Å². The molecule has 2 aromatic carbocycles. The molecule has 0 spiro atoms. The van der Waals surface area contributed by atoms with Crippen LogP contribution in [0.4, 0.5) is 5.69 Å². The van der Waals surface area contributed by atoms with Gasteiger partial charge < -0.3 is 9.72 Å². The number of hydrogen-bond acceptors (Lipinski definition) is 6. The van der Waals surface area contributed by atoms with E-state index in [1.54, 1.807) is 37.3 Å². The molecule has 0 radical (unpaired) electrons. The lowest BCUT2D eigenvalue weighted by Gasteiger charge is -2.13. The summed E-state index contributed by atoms with van der Waals surface area (Å²) in [6.45, 7) is 1.57. The summed E-state index contributed by atoms with van der Waals surface area (Å²) in [5.74, 6) is -0.438. The predicted octanol–water partition coefficient (Wildman–Crippen LogP) is 2.68. The summed E-state index contributed by atoms with van der Waals surface area (Å²) in [5, 5.41) is 11.5. The zero-order valence-corrected chi connectivity index (χ0v) is 13.8. The average Bonchev–Trinajstić information content (AvgIpc) is 2.61. The van der Waals surface area contributed by atoms with Crippen LogP contribution >= 0.6 is 0 Å². The molecule has 0 aliphatic carbocycles. The molecule has 0 aliphatic rings. The molecular weight excluding hydrogens is 338 g/mol. The summed E-state index contributed by atoms with van der Waals surface area (Å²) in [5.41, 5.74) is 0.282. The molecule has 3 rings (SSSR count). The van der Waals surface area contributed by atoms with Gasteiger partial charge in [0.1, 0.15) is 0 Å². The fourth-order valence-electron chi connectivity index (χ4n) is 2.59. The van der Waals surface area contributed by atoms with E-state index in [1.807, 2.05) is 0 Å². The topological polar surface area (TPSA) is 115 Å². The molecule has 1 aromatic heterocycles. The number of esters is 1. The third-order valence-electron chi connectivity index (χ3n) is 3.85. The fraction of sp³-hybridized carbons (Fsp3) is 0.167. The molecule has 8 heteroatoms. The van der Waals surface area contributed by atoms with Crippen LogP contribution in [-0.2, 0) is 16.0 Å². The van der Waals surface area contributed by atoms with E-state index in [-0.39, 0.29) is 29.1 Å². The van der Waals surface area contributed by atoms with Crippen molar-refractivity contribution in [1.29, 1.82) is 0 Å². The lowest BCUT2D eigenvalue weighted by atomic mass is 10.1. The van der Waals surface area contributed by atoms with Gasteiger partial charge in [-0.15, -0.1) is 0 Å². The normalized spacial score (nSPS) is 11.9. The number of para-hydroxylation sites is 2. The second kappa shape index (κ2) is 7.14. The van der Waals surface area contributed by atoms with E-state index in [1.165, 1.54) is 18.2 Å². The van der Waals surface area contributed by atoms with Crippen LogP contribution in [0, 0.1) is 10.1 Å². The first-order valence-electron chi connectivity index (χ1n) is 7.86. The van der Waals surface area contributed by atoms with Gasteiger partial charge in [0, 0.05) is 11.6 Å². The maximum Gasteiger partial charge on any atom is 0.311 e. The molecule has 0 aliphatic heterocycles. The zero-order chi connectivity index (χ0) is 18.7. The van der Waals surface area contributed by atoms with Crippen molar-refractivity contribution in [3.63, 3.8) is 0 Å². The number of aromatic amines is 1. The number of fused-ring (bicyclic) bond motifs is 1. The molecule has 8 nitrogen and oxygen atoms in total. The maximum absolute atomic E-state index is 12.2. The molecule has 0 saturated carbocycles. The highest BCUT2D eigenvalue weighted by Crippen LogP contribution is 2.20. The number of carbonyl (C=O) groups excluding carboxylic acids is 1. The zero-order valence-electron chi connectivity index (χ0n) is 13.8. The Kier molecular flexibility index (Phi) is 4.74. The minimum absolute atomic E-state index is 0.144. The molecule has 0 fully saturated rings. The number of rotatable bonds is 5. The first-order valence-corrected chi connectivity index (χ1v) is 7.86. The molecule has 0 saturated heterocycles. The van der Waals surface area contributed by atoms with Crippen molar-refractivity contribution in [1.82, 2.24) is 9.97 Å². The quantitative estimate of drug-likeness (QED) is 0.428. The smallest absolute Gasteiger partial charge is 0.311 e. The second-order valence-electron chi connectivity index (χ2n) is 5.66. The highest BCUT2D eigenvalue weighted by molar-refractivity contribution is 5.77. The van der Waals surface area contributed by atoms with Gasteiger partial charge in [-0.2, -0.15) is 0 Å². The number of nitrogens with one attached hydrogen (secondary N) is 1. The summed E-state index contributed by atoms with van der Waals surface area (Å²) in [7, 11) is 0. The van der Waals surface area contributed by atoms with Gasteiger partial charge in [0.25, 0.3) is 11.2 Å². The lowest BCUT2D eigenvalue weighted by Crippen LogP contribution is -2.18. The van der Waals surface area contributed by atoms with E-state index < -0.39 is 17.0 Å². The third-order valence-corrected chi connectivity index (χ3v) is 3.85. The van der Waals surface area contributed by atoms with E-state index in [2.05, 4.69) is 9.97 Å². The van der Waals surface area contributed by atoms with Gasteiger partial charge >= 0.3 is 5.97 Å². The number of nitro groups is 1. The average molecular weight is 353 g/mol. The molecule has 1 heterocycles. The van der Waals surface area contributed by atoms with E-state index in [4.69, 9.17) is 4.74 Å². The van der Waals surface area contributed by atoms with Gasteiger partial charge in [-0.25, -0.2) is 4.98 Å². The minimum Gasteiger partial charge on any atom is -0.454 e. The molecule has 0 unspecified atom stereocenters. The summed E-state index contributed by atoms with van der Waals surface area (Å²) in [4.78, 5) is 41.6. The molecule has 3 aromatic rings. The van der Waals surface area contributed by atoms with Crippen molar-refractivity contribution in [2.24, 2.45) is 0 Å². The Morgan fingerprint density at radius 3 is 2.69 bits per heavy atom. The Bertz CT molecular complexity index is 1040. The molecule has 26 heavy (non-hydrogen) atoms. The van der Waals surface area contributed by atoms with Crippen molar-refractivity contribution in [3.8, 4) is 0 Å². The van der Waals surface area contributed by atoms with Crippen LogP contribution in [0.1, 0.15) is 24.4 Å². The number of benzene rings is 2. The second-order valence-corrected chi connectivity index (χ2v) is 5.66. The number of nitro benzene ring substituents is 1. The number of aromatic nitrogens is 2. The van der Waals surface area contributed by atoms with Crippen LogP contribution < -0.4 is 5.56 Å². The number of hydrogen-bond donors (Lipinski definition) is 1. The highest BCUT2D eigenvalue weighted by Gasteiger charge is 2.20. The Labute approximate surface area is 147 Å². The van der Waals surface area contributed by atoms with Gasteiger partial charge in [0.05, 0.1) is 22.2 Å². The van der Waals surface area contributed by atoms with Crippen molar-refractivity contribution < 1.29 is 14.5 Å². The first-order chi connectivity index (χ1) is 12.5. The third kappa shape index (κ3) is 3.59. The van der Waals surface area contributed by atoms with Gasteiger partial charge in [0.15, 0.2) is 11.9 Å². The Morgan fingerprint density at radius 1 is 1.23 bits per heavy atom. The van der Waals surface area contributed by atoms with Crippen molar-refractivity contribution >= 4 is 22.6 Å². The van der Waals surface area contributed by atoms with E-state index in [0.717, 1.165) is 0 Å². The number of H-pyrrole nitrogens is 1. The van der Waals surface area contributed by atoms with E-state index in [9.17, 15) is 19.7 Å². The van der Waals surface area contributed by atoms with Crippen LogP contribution in [0.3, 0.4) is 0 Å². The lowest BCUT2D eigenvalue weighted by molar-refractivity contribution is -0.385. The molecule has 1 atom stereocenters. The monoisotopic (exact) mass is 353 g/mol. The van der Waals surface area contributed by atoms with Crippen molar-refractivity contribution in [2.45, 2.75) is 19.4 Å². The van der Waals surface area contributed by atoms with E-state index >= 15 is 0 Å². The van der Waals surface area contributed by atoms with Crippen LogP contribution in [0.25, 0.3) is 10.9 Å². The largest absolute Gasteiger partial charge is 0.454 e. The van der Waals surface area contributed by atoms with Crippen molar-refractivity contribution in [2.75, 3.05) is 0 Å². The summed E-state index contributed by atoms with van der Waals surface area (Å²) < 4.78 is 5.28. The van der Waals surface area contributed by atoms with Crippen LogP contribution in [0.5, 0.6) is 0 Å².